The Morgan fingerprint density at radius 1 is 1.36 bits per heavy atom. The third-order valence-electron chi connectivity index (χ3n) is 4.46. The highest BCUT2D eigenvalue weighted by molar-refractivity contribution is 5.94. The third kappa shape index (κ3) is 4.26. The molecular weight excluding hydrogens is 318 g/mol. The molecule has 1 aliphatic heterocycles. The molecule has 1 aromatic heterocycles. The van der Waals surface area contributed by atoms with E-state index in [9.17, 15) is 9.59 Å². The molecule has 1 saturated heterocycles. The zero-order valence-electron chi connectivity index (χ0n) is 14.4. The molecule has 2 amide bonds. The van der Waals surface area contributed by atoms with Crippen molar-refractivity contribution in [2.24, 2.45) is 0 Å². The fraction of sp³-hybridized carbons (Fsp3) is 0.421. The van der Waals surface area contributed by atoms with Crippen molar-refractivity contribution in [1.82, 2.24) is 15.2 Å². The van der Waals surface area contributed by atoms with Crippen LogP contribution < -0.4 is 5.32 Å². The van der Waals surface area contributed by atoms with Gasteiger partial charge < -0.3 is 14.6 Å². The number of aryl methyl sites for hydroxylation is 2. The van der Waals surface area contributed by atoms with Gasteiger partial charge in [0, 0.05) is 25.9 Å². The molecule has 6 nitrogen and oxygen atoms in total. The van der Waals surface area contributed by atoms with Crippen molar-refractivity contribution < 1.29 is 14.0 Å². The monoisotopic (exact) mass is 341 g/mol. The number of nitrogens with zero attached hydrogens (tertiary/aromatic N) is 2. The molecule has 1 aliphatic rings. The topological polar surface area (TPSA) is 75.4 Å². The van der Waals surface area contributed by atoms with Crippen LogP contribution in [0.4, 0.5) is 0 Å². The minimum atomic E-state index is -0.269. The van der Waals surface area contributed by atoms with Gasteiger partial charge in [-0.1, -0.05) is 37.3 Å². The molecule has 0 saturated carbocycles. The van der Waals surface area contributed by atoms with Crippen LogP contribution in [0, 0.1) is 0 Å². The Kier molecular flexibility index (Phi) is 5.48. The van der Waals surface area contributed by atoms with Gasteiger partial charge in [0.2, 0.25) is 5.91 Å². The zero-order chi connectivity index (χ0) is 17.6. The lowest BCUT2D eigenvalue weighted by Crippen LogP contribution is -2.37. The van der Waals surface area contributed by atoms with E-state index in [0.717, 1.165) is 12.8 Å². The minimum absolute atomic E-state index is 0.0919. The molecule has 6 heteroatoms. The van der Waals surface area contributed by atoms with Crippen LogP contribution in [0.1, 0.15) is 41.6 Å². The van der Waals surface area contributed by atoms with Crippen molar-refractivity contribution in [2.75, 3.05) is 13.1 Å². The van der Waals surface area contributed by atoms with Crippen LogP contribution in [0.15, 0.2) is 41.1 Å². The molecule has 0 spiro atoms. The smallest absolute Gasteiger partial charge is 0.273 e. The number of nitrogens with one attached hydrogen (secondary N) is 1. The SMILES string of the molecule is CCc1ocnc1C(=O)NC1CC(=O)N(CCCc2ccccc2)C1. The number of benzene rings is 1. The van der Waals surface area contributed by atoms with Crippen molar-refractivity contribution in [1.29, 1.82) is 0 Å². The van der Waals surface area contributed by atoms with Gasteiger partial charge in [-0.25, -0.2) is 4.98 Å². The summed E-state index contributed by atoms with van der Waals surface area (Å²) in [7, 11) is 0. The molecule has 1 N–H and O–H groups in total. The molecule has 1 fully saturated rings. The zero-order valence-corrected chi connectivity index (χ0v) is 14.4. The van der Waals surface area contributed by atoms with Crippen LogP contribution in [0.5, 0.6) is 0 Å². The summed E-state index contributed by atoms with van der Waals surface area (Å²) in [6.07, 6.45) is 4.10. The number of amides is 2. The molecule has 1 aromatic carbocycles. The van der Waals surface area contributed by atoms with E-state index in [4.69, 9.17) is 4.42 Å². The summed E-state index contributed by atoms with van der Waals surface area (Å²) in [6.45, 7) is 3.17. The normalized spacial score (nSPS) is 17.1. The van der Waals surface area contributed by atoms with Crippen molar-refractivity contribution >= 4 is 11.8 Å². The van der Waals surface area contributed by atoms with E-state index in [2.05, 4.69) is 22.4 Å². The molecule has 1 atom stereocenters. The lowest BCUT2D eigenvalue weighted by molar-refractivity contribution is -0.127. The fourth-order valence-electron chi connectivity index (χ4n) is 3.16. The first-order valence-corrected chi connectivity index (χ1v) is 8.72. The average molecular weight is 341 g/mol. The van der Waals surface area contributed by atoms with Gasteiger partial charge >= 0.3 is 0 Å². The Morgan fingerprint density at radius 3 is 2.92 bits per heavy atom. The Hall–Kier alpha value is -2.63. The number of carbonyl (C=O) groups is 2. The van der Waals surface area contributed by atoms with Gasteiger partial charge in [-0.2, -0.15) is 0 Å². The molecular formula is C19H23N3O3. The second kappa shape index (κ2) is 7.96. The maximum absolute atomic E-state index is 12.3. The van der Waals surface area contributed by atoms with Gasteiger partial charge in [0.05, 0.1) is 6.04 Å². The van der Waals surface area contributed by atoms with Crippen LogP contribution in [0.2, 0.25) is 0 Å². The van der Waals surface area contributed by atoms with Crippen LogP contribution in [-0.2, 0) is 17.6 Å². The third-order valence-corrected chi connectivity index (χ3v) is 4.46. The highest BCUT2D eigenvalue weighted by Crippen LogP contribution is 2.14. The van der Waals surface area contributed by atoms with Gasteiger partial charge in [0.25, 0.3) is 5.91 Å². The van der Waals surface area contributed by atoms with Crippen molar-refractivity contribution in [3.8, 4) is 0 Å². The van der Waals surface area contributed by atoms with Crippen molar-refractivity contribution in [3.63, 3.8) is 0 Å². The average Bonchev–Trinajstić information content (AvgIpc) is 3.22. The summed E-state index contributed by atoms with van der Waals surface area (Å²) in [6, 6.07) is 10.1. The van der Waals surface area contributed by atoms with E-state index < -0.39 is 0 Å². The van der Waals surface area contributed by atoms with E-state index in [-0.39, 0.29) is 17.9 Å². The highest BCUT2D eigenvalue weighted by atomic mass is 16.3. The fourth-order valence-corrected chi connectivity index (χ4v) is 3.16. The maximum Gasteiger partial charge on any atom is 0.273 e. The van der Waals surface area contributed by atoms with Gasteiger partial charge in [0.1, 0.15) is 5.76 Å². The summed E-state index contributed by atoms with van der Waals surface area (Å²) in [5.41, 5.74) is 1.59. The molecule has 2 aromatic rings. The number of hydrogen-bond donors (Lipinski definition) is 1. The number of hydrogen-bond acceptors (Lipinski definition) is 4. The minimum Gasteiger partial charge on any atom is -0.448 e. The van der Waals surface area contributed by atoms with E-state index in [1.165, 1.54) is 12.0 Å². The first-order chi connectivity index (χ1) is 12.2. The summed E-state index contributed by atoms with van der Waals surface area (Å²) < 4.78 is 5.19. The van der Waals surface area contributed by atoms with Crippen LogP contribution in [0.25, 0.3) is 0 Å². The number of likely N-dealkylation sites (tertiary alicyclic amines) is 1. The molecule has 0 aliphatic carbocycles. The lowest BCUT2D eigenvalue weighted by atomic mass is 10.1. The molecule has 0 bridgehead atoms. The van der Waals surface area contributed by atoms with Crippen LogP contribution in [-0.4, -0.2) is 40.8 Å². The molecule has 3 rings (SSSR count). The van der Waals surface area contributed by atoms with E-state index >= 15 is 0 Å². The Labute approximate surface area is 147 Å². The van der Waals surface area contributed by atoms with Crippen LogP contribution in [0.3, 0.4) is 0 Å². The van der Waals surface area contributed by atoms with Crippen molar-refractivity contribution in [3.05, 3.63) is 53.7 Å². The van der Waals surface area contributed by atoms with E-state index in [0.29, 0.717) is 37.4 Å². The van der Waals surface area contributed by atoms with Gasteiger partial charge in [-0.15, -0.1) is 0 Å². The number of rotatable bonds is 7. The lowest BCUT2D eigenvalue weighted by Gasteiger charge is -2.17. The maximum atomic E-state index is 12.3. The van der Waals surface area contributed by atoms with Gasteiger partial charge in [-0.05, 0) is 18.4 Å². The number of carbonyl (C=O) groups excluding carboxylic acids is 2. The van der Waals surface area contributed by atoms with Gasteiger partial charge in [-0.3, -0.25) is 9.59 Å². The molecule has 25 heavy (non-hydrogen) atoms. The molecule has 0 radical (unpaired) electrons. The number of oxazole rings is 1. The predicted octanol–water partition coefficient (Wildman–Crippen LogP) is 2.20. The predicted molar refractivity (Wildman–Crippen MR) is 93.1 cm³/mol. The Bertz CT molecular complexity index is 727. The Morgan fingerprint density at radius 2 is 2.16 bits per heavy atom. The summed E-state index contributed by atoms with van der Waals surface area (Å²) in [5.74, 6) is 0.394. The first-order valence-electron chi connectivity index (χ1n) is 8.72. The molecule has 2 heterocycles. The van der Waals surface area contributed by atoms with Crippen LogP contribution >= 0.6 is 0 Å². The number of aromatic nitrogens is 1. The van der Waals surface area contributed by atoms with E-state index in [1.54, 1.807) is 0 Å². The summed E-state index contributed by atoms with van der Waals surface area (Å²) in [4.78, 5) is 30.3. The van der Waals surface area contributed by atoms with E-state index in [1.807, 2.05) is 30.0 Å². The Balaban J connectivity index is 1.48. The summed E-state index contributed by atoms with van der Waals surface area (Å²) >= 11 is 0. The summed E-state index contributed by atoms with van der Waals surface area (Å²) in [5, 5.41) is 2.90. The van der Waals surface area contributed by atoms with Crippen molar-refractivity contribution in [2.45, 2.75) is 38.6 Å². The molecule has 132 valence electrons. The second-order valence-corrected chi connectivity index (χ2v) is 6.28. The van der Waals surface area contributed by atoms with Gasteiger partial charge in [0.15, 0.2) is 12.1 Å². The first kappa shape index (κ1) is 17.2. The highest BCUT2D eigenvalue weighted by Gasteiger charge is 2.31. The standard InChI is InChI=1S/C19H23N3O3/c1-2-16-18(20-13-25-16)19(24)21-15-11-17(23)22(12-15)10-6-9-14-7-4-3-5-8-14/h3-5,7-8,13,15H,2,6,9-12H2,1H3,(H,21,24). The molecule has 1 unspecified atom stereocenters. The quantitative estimate of drug-likeness (QED) is 0.838. The largest absolute Gasteiger partial charge is 0.448 e. The second-order valence-electron chi connectivity index (χ2n) is 6.28.